The van der Waals surface area contributed by atoms with Crippen LogP contribution in [-0.4, -0.2) is 44.0 Å². The summed E-state index contributed by atoms with van der Waals surface area (Å²) >= 11 is 13.2. The highest BCUT2D eigenvalue weighted by atomic mass is 35.5. The number of alkyl halides is 3. The molecule has 1 unspecified atom stereocenters. The summed E-state index contributed by atoms with van der Waals surface area (Å²) in [7, 11) is 0. The van der Waals surface area contributed by atoms with Crippen LogP contribution in [-0.2, 0) is 17.5 Å². The van der Waals surface area contributed by atoms with Crippen LogP contribution in [0.4, 0.5) is 13.2 Å². The summed E-state index contributed by atoms with van der Waals surface area (Å²) in [6, 6.07) is 5.45. The molecule has 1 fully saturated rings. The number of nitrogens with zero attached hydrogens (tertiary/aromatic N) is 3. The third-order valence-corrected chi connectivity index (χ3v) is 7.69. The summed E-state index contributed by atoms with van der Waals surface area (Å²) in [5.41, 5.74) is 1.64. The molecule has 0 saturated carbocycles. The lowest BCUT2D eigenvalue weighted by Gasteiger charge is -2.35. The Hall–Kier alpha value is -2.33. The molecule has 1 aliphatic heterocycles. The van der Waals surface area contributed by atoms with Crippen molar-refractivity contribution in [1.82, 2.24) is 14.7 Å². The summed E-state index contributed by atoms with van der Waals surface area (Å²) in [5, 5.41) is 25.6. The van der Waals surface area contributed by atoms with E-state index in [1.165, 1.54) is 0 Å². The molecule has 2 N–H and O–H groups in total. The number of likely N-dealkylation sites (tertiary alicyclic amines) is 1. The number of carboxylic acid groups (broad SMARTS) is 1. The van der Waals surface area contributed by atoms with Crippen molar-refractivity contribution >= 4 is 40.1 Å². The van der Waals surface area contributed by atoms with Crippen molar-refractivity contribution in [3.05, 3.63) is 62.3 Å². The second-order valence-corrected chi connectivity index (χ2v) is 10.1. The van der Waals surface area contributed by atoms with Crippen LogP contribution in [0.2, 0.25) is 10.0 Å². The third kappa shape index (κ3) is 5.34. The van der Waals surface area contributed by atoms with Gasteiger partial charge in [0.15, 0.2) is 0 Å². The Labute approximate surface area is 216 Å². The van der Waals surface area contributed by atoms with E-state index in [-0.39, 0.29) is 23.9 Å². The molecule has 1 aromatic heterocycles. The average molecular weight is 544 g/mol. The number of hydrogen-bond acceptors (Lipinski definition) is 4. The monoisotopic (exact) mass is 543 g/mol. The normalized spacial score (nSPS) is 16.6. The van der Waals surface area contributed by atoms with Gasteiger partial charge in [0.25, 0.3) is 0 Å². The Bertz CT molecular complexity index is 1300. The fraction of sp³-hybridized carbons (Fsp3) is 0.440. The molecule has 1 saturated heterocycles. The van der Waals surface area contributed by atoms with E-state index >= 15 is 0 Å². The van der Waals surface area contributed by atoms with Crippen molar-refractivity contribution in [3.63, 3.8) is 0 Å². The number of halogens is 5. The molecule has 4 rings (SSSR count). The highest BCUT2D eigenvalue weighted by Crippen LogP contribution is 2.37. The number of aliphatic carboxylic acids is 1. The molecule has 0 aliphatic carbocycles. The van der Waals surface area contributed by atoms with E-state index in [9.17, 15) is 23.1 Å². The van der Waals surface area contributed by atoms with Gasteiger partial charge in [0.05, 0.1) is 22.6 Å². The van der Waals surface area contributed by atoms with Crippen LogP contribution in [0.15, 0.2) is 24.3 Å². The Morgan fingerprint density at radius 1 is 1.19 bits per heavy atom. The van der Waals surface area contributed by atoms with Gasteiger partial charge in [-0.3, -0.25) is 14.4 Å². The van der Waals surface area contributed by atoms with Crippen LogP contribution < -0.4 is 0 Å². The molecule has 6 nitrogen and oxygen atoms in total. The van der Waals surface area contributed by atoms with Gasteiger partial charge in [-0.05, 0) is 56.4 Å². The molecule has 0 spiro atoms. The van der Waals surface area contributed by atoms with Crippen LogP contribution in [0.1, 0.15) is 53.4 Å². The molecule has 1 aliphatic rings. The number of benzene rings is 2. The molecular formula is C25H26Cl2F3N3O3. The van der Waals surface area contributed by atoms with Crippen LogP contribution in [0.3, 0.4) is 0 Å². The van der Waals surface area contributed by atoms with Gasteiger partial charge in [-0.2, -0.15) is 18.3 Å². The van der Waals surface area contributed by atoms with Gasteiger partial charge in [-0.15, -0.1) is 0 Å². The van der Waals surface area contributed by atoms with E-state index in [1.54, 1.807) is 30.7 Å². The lowest BCUT2D eigenvalue weighted by atomic mass is 9.93. The highest BCUT2D eigenvalue weighted by Gasteiger charge is 2.32. The molecule has 36 heavy (non-hydrogen) atoms. The summed E-state index contributed by atoms with van der Waals surface area (Å²) < 4.78 is 41.5. The zero-order chi connectivity index (χ0) is 26.4. The lowest BCUT2D eigenvalue weighted by Crippen LogP contribution is -2.37. The minimum absolute atomic E-state index is 0.0699. The van der Waals surface area contributed by atoms with E-state index in [1.807, 2.05) is 4.90 Å². The topological polar surface area (TPSA) is 78.6 Å². The molecule has 2 aromatic carbocycles. The van der Waals surface area contributed by atoms with E-state index in [0.717, 1.165) is 12.1 Å². The van der Waals surface area contributed by atoms with Gasteiger partial charge >= 0.3 is 12.1 Å². The van der Waals surface area contributed by atoms with Crippen LogP contribution in [0.5, 0.6) is 0 Å². The summed E-state index contributed by atoms with van der Waals surface area (Å²) in [4.78, 5) is 12.8. The first kappa shape index (κ1) is 26.7. The maximum absolute atomic E-state index is 13.3. The minimum Gasteiger partial charge on any atom is -0.481 e. The first-order chi connectivity index (χ1) is 16.9. The van der Waals surface area contributed by atoms with Gasteiger partial charge in [-0.25, -0.2) is 0 Å². The molecule has 0 radical (unpaired) electrons. The number of aliphatic hydroxyl groups is 1. The molecule has 2 heterocycles. The highest BCUT2D eigenvalue weighted by molar-refractivity contribution is 6.36. The Balaban J connectivity index is 1.62. The number of piperidine rings is 1. The van der Waals surface area contributed by atoms with Crippen molar-refractivity contribution in [2.75, 3.05) is 13.1 Å². The molecule has 0 bridgehead atoms. The Morgan fingerprint density at radius 3 is 2.47 bits per heavy atom. The number of carbonyl (C=O) groups is 1. The lowest BCUT2D eigenvalue weighted by molar-refractivity contribution is -0.139. The molecule has 1 atom stereocenters. The molecule has 0 amide bonds. The second kappa shape index (κ2) is 10.2. The minimum atomic E-state index is -4.47. The van der Waals surface area contributed by atoms with Gasteiger partial charge in [0.1, 0.15) is 6.23 Å². The SMILES string of the molecule is Cc1cc(C(F)(F)F)cc2c(C)n(Cc3c(Cl)ccc(C(O)N4CCC(CC(=O)O)CC4)c3Cl)nc12. The number of hydrogen-bond donors (Lipinski definition) is 2. The Kier molecular flexibility index (Phi) is 7.57. The number of fused-ring (bicyclic) bond motifs is 1. The predicted molar refractivity (Wildman–Crippen MR) is 131 cm³/mol. The van der Waals surface area contributed by atoms with Crippen LogP contribution in [0, 0.1) is 19.8 Å². The van der Waals surface area contributed by atoms with Crippen LogP contribution in [0.25, 0.3) is 10.9 Å². The third-order valence-electron chi connectivity index (χ3n) is 6.89. The van der Waals surface area contributed by atoms with Crippen molar-refractivity contribution in [2.24, 2.45) is 5.92 Å². The van der Waals surface area contributed by atoms with Crippen molar-refractivity contribution < 1.29 is 28.2 Å². The van der Waals surface area contributed by atoms with E-state index in [2.05, 4.69) is 5.10 Å². The predicted octanol–water partition coefficient (Wildman–Crippen LogP) is 6.20. The summed E-state index contributed by atoms with van der Waals surface area (Å²) in [6.45, 7) is 4.44. The zero-order valence-electron chi connectivity index (χ0n) is 19.7. The molecular weight excluding hydrogens is 518 g/mol. The number of carboxylic acids is 1. The average Bonchev–Trinajstić information content (AvgIpc) is 3.12. The number of rotatable bonds is 6. The van der Waals surface area contributed by atoms with Gasteiger partial charge < -0.3 is 10.2 Å². The molecule has 194 valence electrons. The zero-order valence-corrected chi connectivity index (χ0v) is 21.3. The smallest absolute Gasteiger partial charge is 0.416 e. The van der Waals surface area contributed by atoms with Crippen molar-refractivity contribution in [2.45, 2.75) is 52.1 Å². The van der Waals surface area contributed by atoms with Gasteiger partial charge in [-0.1, -0.05) is 29.3 Å². The molecule has 3 aromatic rings. The Morgan fingerprint density at radius 2 is 1.86 bits per heavy atom. The summed E-state index contributed by atoms with van der Waals surface area (Å²) in [6.07, 6.45) is -4.06. The van der Waals surface area contributed by atoms with E-state index in [4.69, 9.17) is 28.3 Å². The fourth-order valence-corrected chi connectivity index (χ4v) is 5.38. The van der Waals surface area contributed by atoms with Gasteiger partial charge in [0, 0.05) is 46.7 Å². The number of aryl methyl sites for hydroxylation is 2. The second-order valence-electron chi connectivity index (χ2n) is 9.31. The molecule has 11 heteroatoms. The van der Waals surface area contributed by atoms with E-state index in [0.29, 0.717) is 64.2 Å². The summed E-state index contributed by atoms with van der Waals surface area (Å²) in [5.74, 6) is -0.758. The van der Waals surface area contributed by atoms with E-state index < -0.39 is 23.9 Å². The standard InChI is InChI=1S/C25H26Cl2F3N3O3/c1-13-9-16(25(28,29)30)11-18-14(2)33(31-23(13)18)12-19-20(26)4-3-17(22(19)27)24(36)32-7-5-15(6-8-32)10-21(34)35/h3-4,9,11,15,24,36H,5-8,10,12H2,1-2H3,(H,34,35). The maximum Gasteiger partial charge on any atom is 0.416 e. The largest absolute Gasteiger partial charge is 0.481 e. The van der Waals surface area contributed by atoms with Crippen LogP contribution >= 0.6 is 23.2 Å². The maximum atomic E-state index is 13.3. The van der Waals surface area contributed by atoms with Gasteiger partial charge in [0.2, 0.25) is 0 Å². The van der Waals surface area contributed by atoms with Crippen molar-refractivity contribution in [3.8, 4) is 0 Å². The first-order valence-corrected chi connectivity index (χ1v) is 12.3. The quantitative estimate of drug-likeness (QED) is 0.386. The fourth-order valence-electron chi connectivity index (χ4n) is 4.80. The first-order valence-electron chi connectivity index (χ1n) is 11.5. The number of aromatic nitrogens is 2. The van der Waals surface area contributed by atoms with Crippen molar-refractivity contribution in [1.29, 1.82) is 0 Å². The number of aliphatic hydroxyl groups excluding tert-OH is 1.